The molecule has 2 aromatic carbocycles. The third-order valence-electron chi connectivity index (χ3n) is 4.66. The Morgan fingerprint density at radius 3 is 2.40 bits per heavy atom. The quantitative estimate of drug-likeness (QED) is 0.473. The maximum atomic E-state index is 12.3. The molecule has 1 heterocycles. The predicted molar refractivity (Wildman–Crippen MR) is 114 cm³/mol. The Hall–Kier alpha value is -3.41. The number of rotatable bonds is 6. The van der Waals surface area contributed by atoms with Crippen LogP contribution >= 0.6 is 0 Å². The first-order valence-electron chi connectivity index (χ1n) is 9.70. The number of ketones is 1. The number of carbonyl (C=O) groups excluding carboxylic acids is 3. The Kier molecular flexibility index (Phi) is 6.06. The minimum atomic E-state index is -0.512. The van der Waals surface area contributed by atoms with Gasteiger partial charge < -0.3 is 14.5 Å². The van der Waals surface area contributed by atoms with Crippen LogP contribution < -0.4 is 5.32 Å². The van der Waals surface area contributed by atoms with E-state index < -0.39 is 11.4 Å². The smallest absolute Gasteiger partial charge is 0.310 e. The van der Waals surface area contributed by atoms with Crippen LogP contribution in [0.25, 0.3) is 11.0 Å². The number of Topliss-reactive ketones (excluding diaryl/α,β-unsaturated/α-hetero) is 1. The number of esters is 1. The number of aryl methyl sites for hydroxylation is 1. The third-order valence-corrected chi connectivity index (χ3v) is 4.66. The van der Waals surface area contributed by atoms with Gasteiger partial charge in [-0.05, 0) is 42.8 Å². The molecule has 1 N–H and O–H groups in total. The van der Waals surface area contributed by atoms with Crippen LogP contribution in [0, 0.1) is 12.3 Å². The number of anilines is 1. The van der Waals surface area contributed by atoms with Crippen molar-refractivity contribution in [2.45, 2.75) is 34.1 Å². The summed E-state index contributed by atoms with van der Waals surface area (Å²) in [5, 5.41) is 3.65. The Labute approximate surface area is 175 Å². The lowest BCUT2D eigenvalue weighted by Crippen LogP contribution is -2.27. The van der Waals surface area contributed by atoms with Crippen LogP contribution in [0.2, 0.25) is 0 Å². The fraction of sp³-hybridized carbons (Fsp3) is 0.292. The molecule has 1 aromatic heterocycles. The molecule has 3 rings (SSSR count). The number of hydrogen-bond donors (Lipinski definition) is 1. The van der Waals surface area contributed by atoms with Gasteiger partial charge in [-0.15, -0.1) is 0 Å². The SMILES string of the molecule is Cc1ccc2c(CC(=O)OCC(=O)c3ccc(NC(=O)C(C)(C)C)cc3)coc2c1. The Bertz CT molecular complexity index is 1090. The summed E-state index contributed by atoms with van der Waals surface area (Å²) >= 11 is 0. The maximum Gasteiger partial charge on any atom is 0.310 e. The third kappa shape index (κ3) is 5.14. The standard InChI is InChI=1S/C24H25NO5/c1-15-5-10-19-17(13-29-21(19)11-15)12-22(27)30-14-20(26)16-6-8-18(9-7-16)25-23(28)24(2,3)4/h5-11,13H,12,14H2,1-4H3,(H,25,28). The summed E-state index contributed by atoms with van der Waals surface area (Å²) < 4.78 is 10.6. The fourth-order valence-corrected chi connectivity index (χ4v) is 2.82. The van der Waals surface area contributed by atoms with Crippen LogP contribution in [0.4, 0.5) is 5.69 Å². The Morgan fingerprint density at radius 1 is 1.03 bits per heavy atom. The van der Waals surface area contributed by atoms with Crippen molar-refractivity contribution in [3.63, 3.8) is 0 Å². The van der Waals surface area contributed by atoms with Crippen LogP contribution in [-0.4, -0.2) is 24.3 Å². The van der Waals surface area contributed by atoms with Crippen molar-refractivity contribution in [1.29, 1.82) is 0 Å². The molecule has 0 spiro atoms. The largest absolute Gasteiger partial charge is 0.464 e. The van der Waals surface area contributed by atoms with Crippen LogP contribution in [0.3, 0.4) is 0 Å². The second-order valence-corrected chi connectivity index (χ2v) is 8.30. The van der Waals surface area contributed by atoms with Gasteiger partial charge >= 0.3 is 5.97 Å². The van der Waals surface area contributed by atoms with Crippen molar-refractivity contribution in [2.75, 3.05) is 11.9 Å². The van der Waals surface area contributed by atoms with Crippen LogP contribution in [-0.2, 0) is 20.7 Å². The monoisotopic (exact) mass is 407 g/mol. The van der Waals surface area contributed by atoms with Crippen molar-refractivity contribution >= 4 is 34.3 Å². The number of amides is 1. The number of furan rings is 1. The molecule has 0 fully saturated rings. The molecular formula is C24H25NO5. The molecule has 6 heteroatoms. The van der Waals surface area contributed by atoms with Gasteiger partial charge in [0.25, 0.3) is 0 Å². The molecule has 0 radical (unpaired) electrons. The molecular weight excluding hydrogens is 382 g/mol. The molecule has 3 aromatic rings. The van der Waals surface area contributed by atoms with E-state index in [9.17, 15) is 14.4 Å². The highest BCUT2D eigenvalue weighted by Gasteiger charge is 2.21. The average Bonchev–Trinajstić information content (AvgIpc) is 3.07. The highest BCUT2D eigenvalue weighted by Crippen LogP contribution is 2.23. The number of ether oxygens (including phenoxy) is 1. The first-order chi connectivity index (χ1) is 14.1. The molecule has 0 aliphatic carbocycles. The fourth-order valence-electron chi connectivity index (χ4n) is 2.82. The van der Waals surface area contributed by atoms with Crippen molar-refractivity contribution in [3.8, 4) is 0 Å². The van der Waals surface area contributed by atoms with E-state index in [-0.39, 0.29) is 24.7 Å². The number of benzene rings is 2. The van der Waals surface area contributed by atoms with Crippen molar-refractivity contribution < 1.29 is 23.5 Å². The topological polar surface area (TPSA) is 85.6 Å². The Morgan fingerprint density at radius 2 is 1.73 bits per heavy atom. The van der Waals surface area contributed by atoms with Gasteiger partial charge in [0.15, 0.2) is 12.4 Å². The van der Waals surface area contributed by atoms with Gasteiger partial charge in [-0.25, -0.2) is 0 Å². The van der Waals surface area contributed by atoms with Crippen molar-refractivity contribution in [2.24, 2.45) is 5.41 Å². The van der Waals surface area contributed by atoms with Gasteiger partial charge in [-0.3, -0.25) is 14.4 Å². The van der Waals surface area contributed by atoms with E-state index in [1.54, 1.807) is 24.3 Å². The lowest BCUT2D eigenvalue weighted by molar-refractivity contribution is -0.141. The van der Waals surface area contributed by atoms with Crippen molar-refractivity contribution in [3.05, 3.63) is 65.4 Å². The van der Waals surface area contributed by atoms with Gasteiger partial charge in [-0.2, -0.15) is 0 Å². The lowest BCUT2D eigenvalue weighted by Gasteiger charge is -2.17. The molecule has 1 amide bonds. The van der Waals surface area contributed by atoms with Crippen LogP contribution in [0.5, 0.6) is 0 Å². The first-order valence-corrected chi connectivity index (χ1v) is 9.70. The zero-order valence-electron chi connectivity index (χ0n) is 17.6. The number of nitrogens with one attached hydrogen (secondary N) is 1. The summed E-state index contributed by atoms with van der Waals surface area (Å²) in [5.74, 6) is -0.928. The Balaban J connectivity index is 1.54. The summed E-state index contributed by atoms with van der Waals surface area (Å²) in [6.45, 7) is 7.08. The van der Waals surface area contributed by atoms with Gasteiger partial charge in [0.2, 0.25) is 5.91 Å². The normalized spacial score (nSPS) is 11.3. The summed E-state index contributed by atoms with van der Waals surface area (Å²) in [6, 6.07) is 12.3. The minimum absolute atomic E-state index is 0.0289. The summed E-state index contributed by atoms with van der Waals surface area (Å²) in [5.41, 5.74) is 3.00. The van der Waals surface area contributed by atoms with Crippen LogP contribution in [0.1, 0.15) is 42.3 Å². The predicted octanol–water partition coefficient (Wildman–Crippen LogP) is 4.69. The van der Waals surface area contributed by atoms with E-state index in [0.29, 0.717) is 16.8 Å². The molecule has 0 aliphatic rings. The second-order valence-electron chi connectivity index (χ2n) is 8.30. The average molecular weight is 407 g/mol. The number of hydrogen-bond acceptors (Lipinski definition) is 5. The molecule has 156 valence electrons. The van der Waals surface area contributed by atoms with Gasteiger partial charge in [0.1, 0.15) is 5.58 Å². The van der Waals surface area contributed by atoms with E-state index in [4.69, 9.17) is 9.15 Å². The summed E-state index contributed by atoms with van der Waals surface area (Å²) in [4.78, 5) is 36.5. The first kappa shape index (κ1) is 21.3. The van der Waals surface area contributed by atoms with E-state index >= 15 is 0 Å². The maximum absolute atomic E-state index is 12.3. The number of carbonyl (C=O) groups is 3. The summed E-state index contributed by atoms with van der Waals surface area (Å²) in [6.07, 6.45) is 1.57. The van der Waals surface area contributed by atoms with E-state index in [1.165, 1.54) is 6.26 Å². The van der Waals surface area contributed by atoms with Crippen LogP contribution in [0.15, 0.2) is 53.1 Å². The molecule has 0 aliphatic heterocycles. The van der Waals surface area contributed by atoms with E-state index in [1.807, 2.05) is 45.9 Å². The van der Waals surface area contributed by atoms with E-state index in [2.05, 4.69) is 5.32 Å². The number of fused-ring (bicyclic) bond motifs is 1. The summed E-state index contributed by atoms with van der Waals surface area (Å²) in [7, 11) is 0. The lowest BCUT2D eigenvalue weighted by atomic mass is 9.95. The highest BCUT2D eigenvalue weighted by molar-refractivity contribution is 5.99. The van der Waals surface area contributed by atoms with E-state index in [0.717, 1.165) is 16.5 Å². The second kappa shape index (κ2) is 8.53. The van der Waals surface area contributed by atoms with Gasteiger partial charge in [0.05, 0.1) is 12.7 Å². The zero-order valence-corrected chi connectivity index (χ0v) is 17.6. The molecule has 0 atom stereocenters. The molecule has 6 nitrogen and oxygen atoms in total. The zero-order chi connectivity index (χ0) is 21.9. The minimum Gasteiger partial charge on any atom is -0.464 e. The van der Waals surface area contributed by atoms with Gasteiger partial charge in [-0.1, -0.05) is 32.9 Å². The molecule has 0 unspecified atom stereocenters. The molecule has 0 saturated heterocycles. The molecule has 0 saturated carbocycles. The highest BCUT2D eigenvalue weighted by atomic mass is 16.5. The molecule has 0 bridgehead atoms. The van der Waals surface area contributed by atoms with Crippen molar-refractivity contribution in [1.82, 2.24) is 0 Å². The molecule has 30 heavy (non-hydrogen) atoms. The van der Waals surface area contributed by atoms with Gasteiger partial charge in [0, 0.05) is 27.6 Å².